The van der Waals surface area contributed by atoms with Crippen molar-refractivity contribution in [1.29, 1.82) is 0 Å². The van der Waals surface area contributed by atoms with Crippen molar-refractivity contribution in [3.8, 4) is 0 Å². The van der Waals surface area contributed by atoms with E-state index in [2.05, 4.69) is 0 Å². The van der Waals surface area contributed by atoms with E-state index in [1.807, 2.05) is 0 Å². The summed E-state index contributed by atoms with van der Waals surface area (Å²) >= 11 is 0. The molecule has 0 saturated heterocycles. The third-order valence-corrected chi connectivity index (χ3v) is 0.505. The minimum absolute atomic E-state index is 1.36. The van der Waals surface area contributed by atoms with Crippen molar-refractivity contribution in [1.82, 2.24) is 0 Å². The molecule has 5 heteroatoms. The zero-order chi connectivity index (χ0) is 7.44. The molecule has 0 fully saturated rings. The van der Waals surface area contributed by atoms with Gasteiger partial charge in [-0.05, 0) is 0 Å². The highest BCUT2D eigenvalue weighted by molar-refractivity contribution is 5.67. The van der Waals surface area contributed by atoms with Crippen molar-refractivity contribution in [2.45, 2.75) is 6.42 Å². The Hall–Kier alpha value is -1.00. The fourth-order valence-corrected chi connectivity index (χ4v) is 0.194. The Bertz CT molecular complexity index is 148. The van der Waals surface area contributed by atoms with E-state index in [9.17, 15) is 23.1 Å². The summed E-state index contributed by atoms with van der Waals surface area (Å²) in [5, 5.41) is 9.40. The minimum Gasteiger partial charge on any atom is -0.550 e. The highest BCUT2D eigenvalue weighted by atomic mass is 19.3. The molecule has 0 aromatic carbocycles. The molecular formula is C4H2F3O2-. The van der Waals surface area contributed by atoms with E-state index in [0.29, 0.717) is 0 Å². The summed E-state index contributed by atoms with van der Waals surface area (Å²) in [6.45, 7) is 0. The Balaban J connectivity index is 3.92. The van der Waals surface area contributed by atoms with Crippen molar-refractivity contribution in [3.63, 3.8) is 0 Å². The Labute approximate surface area is 48.6 Å². The van der Waals surface area contributed by atoms with Crippen LogP contribution in [-0.4, -0.2) is 5.97 Å². The van der Waals surface area contributed by atoms with Crippen molar-refractivity contribution < 1.29 is 23.1 Å². The summed E-state index contributed by atoms with van der Waals surface area (Å²) in [5.74, 6) is -3.81. The van der Waals surface area contributed by atoms with Crippen molar-refractivity contribution >= 4 is 5.97 Å². The molecule has 0 spiro atoms. The van der Waals surface area contributed by atoms with Gasteiger partial charge < -0.3 is 9.90 Å². The zero-order valence-electron chi connectivity index (χ0n) is 4.16. The van der Waals surface area contributed by atoms with Crippen LogP contribution in [0.25, 0.3) is 0 Å². The molecule has 2 nitrogen and oxygen atoms in total. The molecule has 0 saturated carbocycles. The first-order chi connectivity index (χ1) is 4.04. The molecule has 0 N–H and O–H groups in total. The molecule has 0 amide bonds. The van der Waals surface area contributed by atoms with Crippen LogP contribution in [0.2, 0.25) is 0 Å². The van der Waals surface area contributed by atoms with Crippen LogP contribution in [0.1, 0.15) is 6.42 Å². The number of halogens is 3. The topological polar surface area (TPSA) is 40.1 Å². The summed E-state index contributed by atoms with van der Waals surface area (Å²) < 4.78 is 33.5. The van der Waals surface area contributed by atoms with Crippen molar-refractivity contribution in [2.24, 2.45) is 0 Å². The van der Waals surface area contributed by atoms with Gasteiger partial charge in [-0.2, -0.15) is 8.78 Å². The van der Waals surface area contributed by atoms with E-state index in [1.54, 1.807) is 0 Å². The maximum atomic E-state index is 11.5. The van der Waals surface area contributed by atoms with Crippen LogP contribution in [0.5, 0.6) is 0 Å². The number of rotatable bonds is 2. The number of carboxylic acid groups (broad SMARTS) is 1. The van der Waals surface area contributed by atoms with Crippen LogP contribution in [0.4, 0.5) is 13.2 Å². The average molecular weight is 139 g/mol. The molecule has 0 aromatic rings. The number of hydrogen-bond acceptors (Lipinski definition) is 2. The third kappa shape index (κ3) is 3.57. The van der Waals surface area contributed by atoms with E-state index >= 15 is 0 Å². The third-order valence-electron chi connectivity index (χ3n) is 0.505. The van der Waals surface area contributed by atoms with Crippen LogP contribution < -0.4 is 5.11 Å². The molecule has 0 rings (SSSR count). The standard InChI is InChI=1S/C4H3F3O2/c5-2(4(6)7)1-3(8)9/h1H2,(H,8,9)/p-1. The van der Waals surface area contributed by atoms with Gasteiger partial charge >= 0.3 is 6.08 Å². The largest absolute Gasteiger partial charge is 0.550 e. The highest BCUT2D eigenvalue weighted by Gasteiger charge is 2.03. The van der Waals surface area contributed by atoms with Gasteiger partial charge in [0.15, 0.2) is 5.83 Å². The molecule has 0 heterocycles. The number of aliphatic carboxylic acids is 1. The van der Waals surface area contributed by atoms with Gasteiger partial charge in [0, 0.05) is 12.4 Å². The molecule has 0 unspecified atom stereocenters. The van der Waals surface area contributed by atoms with Gasteiger partial charge in [0.1, 0.15) is 0 Å². The molecule has 0 atom stereocenters. The van der Waals surface area contributed by atoms with Gasteiger partial charge in [-0.3, -0.25) is 0 Å². The smallest absolute Gasteiger partial charge is 0.301 e. The molecule has 52 valence electrons. The van der Waals surface area contributed by atoms with E-state index in [4.69, 9.17) is 0 Å². The number of hydrogen-bond donors (Lipinski definition) is 0. The van der Waals surface area contributed by atoms with Gasteiger partial charge in [0.05, 0.1) is 0 Å². The Morgan fingerprint density at radius 1 is 1.33 bits per heavy atom. The van der Waals surface area contributed by atoms with E-state index in [1.165, 1.54) is 0 Å². The molecule has 0 aliphatic carbocycles. The number of carboxylic acids is 1. The SMILES string of the molecule is O=C([O-])CC(F)=C(F)F. The van der Waals surface area contributed by atoms with Crippen molar-refractivity contribution in [2.75, 3.05) is 0 Å². The molecular weight excluding hydrogens is 137 g/mol. The summed E-state index contributed by atoms with van der Waals surface area (Å²) in [5.41, 5.74) is 0. The predicted molar refractivity (Wildman–Crippen MR) is 20.0 cm³/mol. The van der Waals surface area contributed by atoms with Crippen LogP contribution >= 0.6 is 0 Å². The maximum absolute atomic E-state index is 11.5. The lowest BCUT2D eigenvalue weighted by atomic mass is 10.4. The van der Waals surface area contributed by atoms with Crippen LogP contribution in [0, 0.1) is 0 Å². The molecule has 0 aromatic heterocycles. The molecule has 0 aliphatic rings. The fourth-order valence-electron chi connectivity index (χ4n) is 0.194. The van der Waals surface area contributed by atoms with Crippen LogP contribution in [0.3, 0.4) is 0 Å². The van der Waals surface area contributed by atoms with E-state index in [-0.39, 0.29) is 0 Å². The summed E-state index contributed by atoms with van der Waals surface area (Å²) in [6.07, 6.45) is -3.97. The first-order valence-corrected chi connectivity index (χ1v) is 1.93. The lowest BCUT2D eigenvalue weighted by Gasteiger charge is -1.95. The van der Waals surface area contributed by atoms with E-state index in [0.717, 1.165) is 0 Å². The average Bonchev–Trinajstić information content (AvgIpc) is 1.63. The normalized spacial score (nSPS) is 8.78. The van der Waals surface area contributed by atoms with Gasteiger partial charge in [0.2, 0.25) is 0 Å². The Kier molecular flexibility index (Phi) is 2.77. The summed E-state index contributed by atoms with van der Waals surface area (Å²) in [4.78, 5) is 9.40. The van der Waals surface area contributed by atoms with Crippen molar-refractivity contribution in [3.05, 3.63) is 11.9 Å². The van der Waals surface area contributed by atoms with Gasteiger partial charge in [-0.25, -0.2) is 4.39 Å². The first-order valence-electron chi connectivity index (χ1n) is 1.93. The van der Waals surface area contributed by atoms with E-state index < -0.39 is 24.3 Å². The lowest BCUT2D eigenvalue weighted by molar-refractivity contribution is -0.305. The highest BCUT2D eigenvalue weighted by Crippen LogP contribution is 2.11. The number of carbonyl (C=O) groups excluding carboxylic acids is 1. The molecule has 0 radical (unpaired) electrons. The lowest BCUT2D eigenvalue weighted by Crippen LogP contribution is -2.21. The zero-order valence-corrected chi connectivity index (χ0v) is 4.16. The maximum Gasteiger partial charge on any atom is 0.301 e. The second-order valence-electron chi connectivity index (χ2n) is 1.21. The molecule has 9 heavy (non-hydrogen) atoms. The number of carbonyl (C=O) groups is 1. The fraction of sp³-hybridized carbons (Fsp3) is 0.250. The monoisotopic (exact) mass is 139 g/mol. The quantitative estimate of drug-likeness (QED) is 0.548. The molecule has 0 bridgehead atoms. The predicted octanol–water partition coefficient (Wildman–Crippen LogP) is 0.204. The second kappa shape index (κ2) is 3.11. The van der Waals surface area contributed by atoms with Crippen LogP contribution in [-0.2, 0) is 4.79 Å². The Morgan fingerprint density at radius 2 is 1.78 bits per heavy atom. The van der Waals surface area contributed by atoms with Gasteiger partial charge in [-0.1, -0.05) is 0 Å². The van der Waals surface area contributed by atoms with Crippen LogP contribution in [0.15, 0.2) is 11.9 Å². The minimum atomic E-state index is -2.61. The van der Waals surface area contributed by atoms with Gasteiger partial charge in [-0.15, -0.1) is 0 Å². The Morgan fingerprint density at radius 3 is 1.89 bits per heavy atom. The first kappa shape index (κ1) is 8.00. The second-order valence-corrected chi connectivity index (χ2v) is 1.21. The van der Waals surface area contributed by atoms with Gasteiger partial charge in [0.25, 0.3) is 0 Å². The summed E-state index contributed by atoms with van der Waals surface area (Å²) in [6, 6.07) is 0. The summed E-state index contributed by atoms with van der Waals surface area (Å²) in [7, 11) is 0. The molecule has 0 aliphatic heterocycles.